The molecule has 0 unspecified atom stereocenters. The number of nitrogens with zero attached hydrogens (tertiary/aromatic N) is 1. The molecule has 0 spiro atoms. The summed E-state index contributed by atoms with van der Waals surface area (Å²) in [5.41, 5.74) is 1.36. The Balaban J connectivity index is 1.72. The summed E-state index contributed by atoms with van der Waals surface area (Å²) in [5.74, 6) is 0.686. The molecule has 7 nitrogen and oxygen atoms in total. The molecule has 0 amide bonds. The number of hydrogen-bond donors (Lipinski definition) is 0. The average molecular weight is 408 g/mol. The highest BCUT2D eigenvalue weighted by Crippen LogP contribution is 2.35. The highest BCUT2D eigenvalue weighted by Gasteiger charge is 2.18. The molecular weight excluding hydrogens is 394 g/mol. The largest absolute Gasteiger partial charge is 0.486 e. The van der Waals surface area contributed by atoms with Gasteiger partial charge in [-0.1, -0.05) is 15.9 Å². The predicted molar refractivity (Wildman–Crippen MR) is 92.1 cm³/mol. The second kappa shape index (κ2) is 7.10. The molecule has 1 heterocycles. The minimum absolute atomic E-state index is 0.0338. The Hall–Kier alpha value is -2.61. The number of benzene rings is 2. The van der Waals surface area contributed by atoms with Crippen molar-refractivity contribution in [3.8, 4) is 11.5 Å². The number of hydrogen-bond acceptors (Lipinski definition) is 6. The summed E-state index contributed by atoms with van der Waals surface area (Å²) in [6.45, 7) is 2.57. The zero-order valence-corrected chi connectivity index (χ0v) is 14.9. The molecule has 2 aromatic rings. The Morgan fingerprint density at radius 1 is 1.24 bits per heavy atom. The van der Waals surface area contributed by atoms with Crippen molar-refractivity contribution in [3.05, 3.63) is 61.6 Å². The first kappa shape index (κ1) is 17.2. The van der Waals surface area contributed by atoms with Gasteiger partial charge < -0.3 is 14.2 Å². The van der Waals surface area contributed by atoms with Crippen molar-refractivity contribution >= 4 is 27.6 Å². The van der Waals surface area contributed by atoms with Crippen LogP contribution >= 0.6 is 15.9 Å². The van der Waals surface area contributed by atoms with Crippen LogP contribution in [-0.4, -0.2) is 24.1 Å². The number of fused-ring (bicyclic) bond motifs is 1. The van der Waals surface area contributed by atoms with Gasteiger partial charge in [-0.2, -0.15) is 0 Å². The standard InChI is InChI=1S/C17H14BrNO6/c1-10-6-11(2-3-14(10)19(21)22)17(20)25-9-12-7-15-16(8-13(12)18)24-5-4-23-15/h2-3,6-8H,4-5,9H2,1H3. The lowest BCUT2D eigenvalue weighted by atomic mass is 10.1. The molecule has 1 aliphatic heterocycles. The Morgan fingerprint density at radius 3 is 2.56 bits per heavy atom. The topological polar surface area (TPSA) is 87.9 Å². The van der Waals surface area contributed by atoms with E-state index in [2.05, 4.69) is 15.9 Å². The van der Waals surface area contributed by atoms with E-state index in [1.165, 1.54) is 18.2 Å². The molecule has 25 heavy (non-hydrogen) atoms. The van der Waals surface area contributed by atoms with Gasteiger partial charge in [0.1, 0.15) is 19.8 Å². The van der Waals surface area contributed by atoms with E-state index in [1.54, 1.807) is 19.1 Å². The molecular formula is C17H14BrNO6. The third-order valence-electron chi connectivity index (χ3n) is 3.70. The lowest BCUT2D eigenvalue weighted by molar-refractivity contribution is -0.385. The first-order valence-corrected chi connectivity index (χ1v) is 8.25. The molecule has 0 fully saturated rings. The van der Waals surface area contributed by atoms with E-state index in [1.807, 2.05) is 0 Å². The van der Waals surface area contributed by atoms with E-state index in [4.69, 9.17) is 14.2 Å². The van der Waals surface area contributed by atoms with Gasteiger partial charge in [0.15, 0.2) is 11.5 Å². The molecule has 0 N–H and O–H groups in total. The minimum atomic E-state index is -0.556. The van der Waals surface area contributed by atoms with Crippen LogP contribution in [0.1, 0.15) is 21.5 Å². The fraction of sp³-hybridized carbons (Fsp3) is 0.235. The van der Waals surface area contributed by atoms with E-state index in [0.29, 0.717) is 30.3 Å². The molecule has 0 saturated carbocycles. The van der Waals surface area contributed by atoms with Gasteiger partial charge in [-0.3, -0.25) is 10.1 Å². The molecule has 2 aromatic carbocycles. The van der Waals surface area contributed by atoms with E-state index in [-0.39, 0.29) is 17.9 Å². The number of esters is 1. The van der Waals surface area contributed by atoms with Gasteiger partial charge in [0.25, 0.3) is 5.69 Å². The Morgan fingerprint density at radius 2 is 1.92 bits per heavy atom. The van der Waals surface area contributed by atoms with Crippen molar-refractivity contribution in [2.24, 2.45) is 0 Å². The number of halogens is 1. The van der Waals surface area contributed by atoms with Crippen LogP contribution in [0.2, 0.25) is 0 Å². The van der Waals surface area contributed by atoms with Crippen LogP contribution in [0.3, 0.4) is 0 Å². The van der Waals surface area contributed by atoms with Crippen LogP contribution in [0.5, 0.6) is 11.5 Å². The highest BCUT2D eigenvalue weighted by atomic mass is 79.9. The van der Waals surface area contributed by atoms with Gasteiger partial charge in [-0.05, 0) is 31.2 Å². The molecule has 3 rings (SSSR count). The summed E-state index contributed by atoms with van der Waals surface area (Å²) in [7, 11) is 0. The summed E-state index contributed by atoms with van der Waals surface area (Å²) in [6.07, 6.45) is 0. The quantitative estimate of drug-likeness (QED) is 0.435. The van der Waals surface area contributed by atoms with Crippen molar-refractivity contribution in [3.63, 3.8) is 0 Å². The first-order valence-electron chi connectivity index (χ1n) is 7.46. The van der Waals surface area contributed by atoms with Gasteiger partial charge in [-0.15, -0.1) is 0 Å². The van der Waals surface area contributed by atoms with Crippen LogP contribution < -0.4 is 9.47 Å². The maximum Gasteiger partial charge on any atom is 0.338 e. The third-order valence-corrected chi connectivity index (χ3v) is 4.44. The monoisotopic (exact) mass is 407 g/mol. The van der Waals surface area contributed by atoms with E-state index < -0.39 is 10.9 Å². The predicted octanol–water partition coefficient (Wildman–Crippen LogP) is 3.79. The number of nitro benzene ring substituents is 1. The molecule has 1 aliphatic rings. The molecule has 0 bridgehead atoms. The van der Waals surface area contributed by atoms with E-state index in [0.717, 1.165) is 10.0 Å². The maximum atomic E-state index is 12.2. The average Bonchev–Trinajstić information content (AvgIpc) is 2.59. The first-order chi connectivity index (χ1) is 12.0. The summed E-state index contributed by atoms with van der Waals surface area (Å²) in [4.78, 5) is 22.5. The van der Waals surface area contributed by atoms with Crippen LogP contribution in [0, 0.1) is 17.0 Å². The van der Waals surface area contributed by atoms with Gasteiger partial charge >= 0.3 is 5.97 Å². The zero-order chi connectivity index (χ0) is 18.0. The zero-order valence-electron chi connectivity index (χ0n) is 13.3. The van der Waals surface area contributed by atoms with Crippen molar-refractivity contribution in [1.82, 2.24) is 0 Å². The fourth-order valence-corrected chi connectivity index (χ4v) is 2.87. The lowest BCUT2D eigenvalue weighted by Gasteiger charge is -2.19. The van der Waals surface area contributed by atoms with Crippen molar-refractivity contribution < 1.29 is 23.9 Å². The van der Waals surface area contributed by atoms with Gasteiger partial charge in [-0.25, -0.2) is 4.79 Å². The summed E-state index contributed by atoms with van der Waals surface area (Å²) in [6, 6.07) is 7.65. The second-order valence-corrected chi connectivity index (χ2v) is 6.28. The molecule has 8 heteroatoms. The van der Waals surface area contributed by atoms with Gasteiger partial charge in [0.05, 0.1) is 10.5 Å². The summed E-state index contributed by atoms with van der Waals surface area (Å²) in [5, 5.41) is 10.8. The van der Waals surface area contributed by atoms with Crippen LogP contribution in [0.4, 0.5) is 5.69 Å². The number of carbonyl (C=O) groups excluding carboxylic acids is 1. The fourth-order valence-electron chi connectivity index (χ4n) is 2.43. The Bertz CT molecular complexity index is 851. The molecule has 130 valence electrons. The molecule has 0 aliphatic carbocycles. The molecule has 0 saturated heterocycles. The third kappa shape index (κ3) is 3.74. The van der Waals surface area contributed by atoms with Crippen LogP contribution in [0.25, 0.3) is 0 Å². The van der Waals surface area contributed by atoms with Crippen molar-refractivity contribution in [1.29, 1.82) is 0 Å². The number of carbonyl (C=O) groups is 1. The van der Waals surface area contributed by atoms with Crippen LogP contribution in [-0.2, 0) is 11.3 Å². The number of aryl methyl sites for hydroxylation is 1. The van der Waals surface area contributed by atoms with Crippen LogP contribution in [0.15, 0.2) is 34.8 Å². The SMILES string of the molecule is Cc1cc(C(=O)OCc2cc3c(cc2Br)OCCO3)ccc1[N+](=O)[O-]. The highest BCUT2D eigenvalue weighted by molar-refractivity contribution is 9.10. The lowest BCUT2D eigenvalue weighted by Crippen LogP contribution is -2.15. The van der Waals surface area contributed by atoms with E-state index in [9.17, 15) is 14.9 Å². The smallest absolute Gasteiger partial charge is 0.338 e. The Kier molecular flexibility index (Phi) is 4.89. The summed E-state index contributed by atoms with van der Waals surface area (Å²) < 4.78 is 17.0. The maximum absolute atomic E-state index is 12.2. The minimum Gasteiger partial charge on any atom is -0.486 e. The summed E-state index contributed by atoms with van der Waals surface area (Å²) >= 11 is 3.42. The molecule has 0 aromatic heterocycles. The normalized spacial score (nSPS) is 12.6. The van der Waals surface area contributed by atoms with E-state index >= 15 is 0 Å². The van der Waals surface area contributed by atoms with Gasteiger partial charge in [0.2, 0.25) is 0 Å². The number of rotatable bonds is 4. The molecule has 0 radical (unpaired) electrons. The number of ether oxygens (including phenoxy) is 3. The molecule has 0 atom stereocenters. The Labute approximate surface area is 151 Å². The van der Waals surface area contributed by atoms with Gasteiger partial charge in [0, 0.05) is 21.7 Å². The van der Waals surface area contributed by atoms with Crippen molar-refractivity contribution in [2.75, 3.05) is 13.2 Å². The second-order valence-electron chi connectivity index (χ2n) is 5.42. The number of nitro groups is 1. The van der Waals surface area contributed by atoms with Crippen molar-refractivity contribution in [2.45, 2.75) is 13.5 Å².